The molecule has 2 aromatic carbocycles. The Hall–Kier alpha value is -2.76. The first-order chi connectivity index (χ1) is 15.3. The van der Waals surface area contributed by atoms with Crippen LogP contribution in [0.2, 0.25) is 0 Å². The third-order valence-corrected chi connectivity index (χ3v) is 6.61. The molecule has 168 valence electrons. The van der Waals surface area contributed by atoms with Crippen molar-refractivity contribution in [1.82, 2.24) is 0 Å². The molecule has 3 aliphatic rings. The summed E-state index contributed by atoms with van der Waals surface area (Å²) in [5.74, 6) is 1.19. The molecule has 0 aromatic heterocycles. The summed E-state index contributed by atoms with van der Waals surface area (Å²) >= 11 is 0. The first-order valence-electron chi connectivity index (χ1n) is 11.4. The Morgan fingerprint density at radius 2 is 2.03 bits per heavy atom. The van der Waals surface area contributed by atoms with Gasteiger partial charge < -0.3 is 25.0 Å². The maximum absolute atomic E-state index is 10.1. The zero-order chi connectivity index (χ0) is 22.5. The van der Waals surface area contributed by atoms with Gasteiger partial charge in [-0.15, -0.1) is 0 Å². The molecule has 5 nitrogen and oxygen atoms in total. The summed E-state index contributed by atoms with van der Waals surface area (Å²) in [6, 6.07) is 9.41. The first kappa shape index (κ1) is 21.1. The summed E-state index contributed by atoms with van der Waals surface area (Å²) in [6.45, 7) is 7.10. The standard InChI is InChI=1S/C27H31NO4/c1-16-13-27(2,3)28-22-9-8-20-21-12-19(30)7-10-23(21)32-26(25(20)24(16)22)31-15-18-6-4-5-17(11-18)14-29/h7-13,18,26,28-30H,4-6,14-15H2,1-3H3/t18-,26-/m0/s1. The third-order valence-electron chi connectivity index (χ3n) is 6.61. The summed E-state index contributed by atoms with van der Waals surface area (Å²) in [4.78, 5) is 0. The molecule has 0 saturated carbocycles. The molecule has 32 heavy (non-hydrogen) atoms. The van der Waals surface area contributed by atoms with Crippen molar-refractivity contribution >= 4 is 11.3 Å². The van der Waals surface area contributed by atoms with Crippen molar-refractivity contribution in [3.63, 3.8) is 0 Å². The lowest BCUT2D eigenvalue weighted by Gasteiger charge is -2.37. The summed E-state index contributed by atoms with van der Waals surface area (Å²) < 4.78 is 12.8. The Morgan fingerprint density at radius 1 is 1.19 bits per heavy atom. The van der Waals surface area contributed by atoms with Crippen molar-refractivity contribution in [2.45, 2.75) is 51.9 Å². The smallest absolute Gasteiger partial charge is 0.228 e. The van der Waals surface area contributed by atoms with Crippen LogP contribution in [0.4, 0.5) is 5.69 Å². The number of phenolic OH excluding ortho intramolecular Hbond substituents is 1. The minimum Gasteiger partial charge on any atom is -0.508 e. The van der Waals surface area contributed by atoms with Gasteiger partial charge in [0, 0.05) is 28.3 Å². The first-order valence-corrected chi connectivity index (χ1v) is 11.4. The summed E-state index contributed by atoms with van der Waals surface area (Å²) in [6.07, 6.45) is 6.94. The lowest BCUT2D eigenvalue weighted by atomic mass is 9.83. The van der Waals surface area contributed by atoms with Gasteiger partial charge in [0.05, 0.1) is 18.8 Å². The molecular weight excluding hydrogens is 402 g/mol. The van der Waals surface area contributed by atoms with Crippen LogP contribution in [-0.2, 0) is 4.74 Å². The maximum Gasteiger partial charge on any atom is 0.228 e. The fraction of sp³-hybridized carbons (Fsp3) is 0.407. The largest absolute Gasteiger partial charge is 0.508 e. The van der Waals surface area contributed by atoms with Gasteiger partial charge in [-0.1, -0.05) is 18.2 Å². The average Bonchev–Trinajstić information content (AvgIpc) is 2.76. The van der Waals surface area contributed by atoms with Crippen LogP contribution < -0.4 is 10.1 Å². The van der Waals surface area contributed by atoms with Gasteiger partial charge in [-0.3, -0.25) is 0 Å². The number of aliphatic hydroxyl groups excluding tert-OH is 1. The second-order valence-electron chi connectivity index (χ2n) is 9.72. The Bertz CT molecular complexity index is 1110. The normalized spacial score (nSPS) is 23.0. The summed E-state index contributed by atoms with van der Waals surface area (Å²) in [5, 5.41) is 23.3. The number of hydrogen-bond donors (Lipinski definition) is 3. The van der Waals surface area contributed by atoms with Gasteiger partial charge >= 0.3 is 0 Å². The number of aliphatic hydroxyl groups is 1. The predicted octanol–water partition coefficient (Wildman–Crippen LogP) is 5.79. The lowest BCUT2D eigenvalue weighted by Crippen LogP contribution is -2.33. The molecule has 0 bridgehead atoms. The number of ether oxygens (including phenoxy) is 2. The number of rotatable bonds is 4. The van der Waals surface area contributed by atoms with Crippen molar-refractivity contribution in [1.29, 1.82) is 0 Å². The van der Waals surface area contributed by atoms with Crippen LogP contribution in [0.15, 0.2) is 48.1 Å². The number of allylic oxidation sites excluding steroid dienone is 1. The topological polar surface area (TPSA) is 71.0 Å². The van der Waals surface area contributed by atoms with Crippen LogP contribution in [-0.4, -0.2) is 29.0 Å². The monoisotopic (exact) mass is 433 g/mol. The van der Waals surface area contributed by atoms with Crippen molar-refractivity contribution in [3.8, 4) is 22.6 Å². The van der Waals surface area contributed by atoms with Crippen molar-refractivity contribution in [3.05, 3.63) is 59.2 Å². The molecule has 2 atom stereocenters. The molecule has 0 amide bonds. The van der Waals surface area contributed by atoms with E-state index in [1.807, 2.05) is 0 Å². The zero-order valence-electron chi connectivity index (χ0n) is 18.9. The number of nitrogens with one attached hydrogen (secondary N) is 1. The molecule has 2 aromatic rings. The van der Waals surface area contributed by atoms with E-state index in [4.69, 9.17) is 9.47 Å². The van der Waals surface area contributed by atoms with Crippen molar-refractivity contribution in [2.75, 3.05) is 18.5 Å². The fourth-order valence-electron chi connectivity index (χ4n) is 5.31. The van der Waals surface area contributed by atoms with Gasteiger partial charge in [0.15, 0.2) is 0 Å². The number of fused-ring (bicyclic) bond motifs is 5. The number of aromatic hydroxyl groups is 1. The SMILES string of the molecule is CC1=CC(C)(C)Nc2ccc3c(c21)[C@@H](OC[C@@H]1C=C(CO)CCC1)Oc1ccc(O)cc1-3. The Labute approximate surface area is 189 Å². The number of benzene rings is 2. The minimum atomic E-state index is -0.545. The Balaban J connectivity index is 1.56. The van der Waals surface area contributed by atoms with Crippen LogP contribution >= 0.6 is 0 Å². The highest BCUT2D eigenvalue weighted by molar-refractivity contribution is 5.89. The highest BCUT2D eigenvalue weighted by Gasteiger charge is 2.34. The number of phenols is 1. The van der Waals surface area contributed by atoms with E-state index in [2.05, 4.69) is 50.4 Å². The molecule has 5 rings (SSSR count). The quantitative estimate of drug-likeness (QED) is 0.532. The van der Waals surface area contributed by atoms with Crippen LogP contribution in [0.1, 0.15) is 57.5 Å². The van der Waals surface area contributed by atoms with Crippen LogP contribution in [0, 0.1) is 5.92 Å². The molecule has 3 N–H and O–H groups in total. The van der Waals surface area contributed by atoms with E-state index in [1.54, 1.807) is 18.2 Å². The van der Waals surface area contributed by atoms with Gasteiger partial charge in [0.25, 0.3) is 0 Å². The van der Waals surface area contributed by atoms with Gasteiger partial charge in [-0.05, 0) is 81.0 Å². The average molecular weight is 434 g/mol. The molecule has 0 unspecified atom stereocenters. The molecule has 2 heterocycles. The Morgan fingerprint density at radius 3 is 2.84 bits per heavy atom. The van der Waals surface area contributed by atoms with Crippen molar-refractivity contribution in [2.24, 2.45) is 5.92 Å². The van der Waals surface area contributed by atoms with E-state index < -0.39 is 6.29 Å². The summed E-state index contributed by atoms with van der Waals surface area (Å²) in [5.41, 5.74) is 7.21. The van der Waals surface area contributed by atoms with E-state index in [9.17, 15) is 10.2 Å². The van der Waals surface area contributed by atoms with Gasteiger partial charge in [0.1, 0.15) is 11.5 Å². The van der Waals surface area contributed by atoms with E-state index in [-0.39, 0.29) is 23.8 Å². The van der Waals surface area contributed by atoms with E-state index >= 15 is 0 Å². The molecule has 5 heteroatoms. The zero-order valence-corrected chi connectivity index (χ0v) is 18.9. The molecule has 2 aliphatic heterocycles. The highest BCUT2D eigenvalue weighted by atomic mass is 16.7. The van der Waals surface area contributed by atoms with E-state index in [0.29, 0.717) is 12.4 Å². The molecular formula is C27H31NO4. The number of hydrogen-bond acceptors (Lipinski definition) is 5. The van der Waals surface area contributed by atoms with Gasteiger partial charge in [-0.2, -0.15) is 0 Å². The molecule has 0 spiro atoms. The fourth-order valence-corrected chi connectivity index (χ4v) is 5.31. The highest BCUT2D eigenvalue weighted by Crippen LogP contribution is 2.50. The van der Waals surface area contributed by atoms with Gasteiger partial charge in [0.2, 0.25) is 6.29 Å². The van der Waals surface area contributed by atoms with Gasteiger partial charge in [-0.25, -0.2) is 0 Å². The second-order valence-corrected chi connectivity index (χ2v) is 9.72. The molecule has 1 aliphatic carbocycles. The van der Waals surface area contributed by atoms with E-state index in [1.165, 1.54) is 5.57 Å². The third kappa shape index (κ3) is 3.80. The number of anilines is 1. The van der Waals surface area contributed by atoms with Crippen LogP contribution in [0.5, 0.6) is 11.5 Å². The van der Waals surface area contributed by atoms with Crippen LogP contribution in [0.25, 0.3) is 16.7 Å². The second kappa shape index (κ2) is 7.98. The summed E-state index contributed by atoms with van der Waals surface area (Å²) in [7, 11) is 0. The minimum absolute atomic E-state index is 0.120. The molecule has 0 saturated heterocycles. The Kier molecular flexibility index (Phi) is 5.26. The maximum atomic E-state index is 10.1. The molecule has 0 fully saturated rings. The predicted molar refractivity (Wildman–Crippen MR) is 127 cm³/mol. The molecule has 0 radical (unpaired) electrons. The lowest BCUT2D eigenvalue weighted by molar-refractivity contribution is -0.0937. The van der Waals surface area contributed by atoms with Crippen LogP contribution in [0.3, 0.4) is 0 Å². The van der Waals surface area contributed by atoms with Crippen molar-refractivity contribution < 1.29 is 19.7 Å². The van der Waals surface area contributed by atoms with E-state index in [0.717, 1.165) is 52.8 Å².